The van der Waals surface area contributed by atoms with Crippen LogP contribution in [0.25, 0.3) is 0 Å². The largest absolute Gasteiger partial charge is 0.312 e. The van der Waals surface area contributed by atoms with Gasteiger partial charge in [-0.1, -0.05) is 13.8 Å². The Kier molecular flexibility index (Phi) is 4.90. The van der Waals surface area contributed by atoms with Gasteiger partial charge in [0, 0.05) is 6.42 Å². The highest BCUT2D eigenvalue weighted by molar-refractivity contribution is 6.76. The highest BCUT2D eigenvalue weighted by atomic mass is 16.1. The molecule has 0 fully saturated rings. The summed E-state index contributed by atoms with van der Waals surface area (Å²) >= 11 is 0. The molecule has 0 saturated heterocycles. The van der Waals surface area contributed by atoms with Crippen LogP contribution < -0.4 is 0 Å². The van der Waals surface area contributed by atoms with Gasteiger partial charge in [-0.3, -0.25) is 0 Å². The van der Waals surface area contributed by atoms with Gasteiger partial charge in [0.05, 0.1) is 5.68 Å². The molecule has 0 amide bonds. The molecule has 3 heteroatoms. The van der Waals surface area contributed by atoms with Crippen molar-refractivity contribution in [2.45, 2.75) is 33.0 Å². The molecule has 0 aliphatic rings. The van der Waals surface area contributed by atoms with Gasteiger partial charge in [0.2, 0.25) is 7.28 Å². The van der Waals surface area contributed by atoms with E-state index in [9.17, 15) is 9.59 Å². The lowest BCUT2D eigenvalue weighted by Crippen LogP contribution is -2.11. The molecule has 1 radical (unpaired) electrons. The lowest BCUT2D eigenvalue weighted by atomic mass is 9.67. The minimum absolute atomic E-state index is 0.0572. The molecule has 2 nitrogen and oxygen atoms in total. The summed E-state index contributed by atoms with van der Waals surface area (Å²) in [6, 6.07) is 0. The summed E-state index contributed by atoms with van der Waals surface area (Å²) in [4.78, 5) is 21.3. The average molecular weight is 139 g/mol. The van der Waals surface area contributed by atoms with Crippen LogP contribution in [-0.2, 0) is 9.59 Å². The summed E-state index contributed by atoms with van der Waals surface area (Å²) in [5.74, 6) is 0.127. The number of carbonyl (C=O) groups is 2. The van der Waals surface area contributed by atoms with Gasteiger partial charge in [-0.2, -0.15) is 0 Å². The highest BCUT2D eigenvalue weighted by Gasteiger charge is 2.04. The second-order valence-electron chi connectivity index (χ2n) is 2.12. The number of carbonyl (C=O) groups excluding carboxylic acids is 2. The van der Waals surface area contributed by atoms with Gasteiger partial charge in [-0.15, -0.1) is 0 Å². The van der Waals surface area contributed by atoms with Crippen LogP contribution >= 0.6 is 0 Å². The Hall–Kier alpha value is -0.595. The zero-order chi connectivity index (χ0) is 7.98. The van der Waals surface area contributed by atoms with E-state index in [1.807, 2.05) is 0 Å². The van der Waals surface area contributed by atoms with Crippen molar-refractivity contribution >= 4 is 18.7 Å². The molecule has 0 aromatic rings. The zero-order valence-electron chi connectivity index (χ0n) is 6.52. The topological polar surface area (TPSA) is 34.1 Å². The fraction of sp³-hybridized carbons (Fsp3) is 0.714. The molecule has 0 aliphatic carbocycles. The highest BCUT2D eigenvalue weighted by Crippen LogP contribution is 1.90. The third-order valence-corrected chi connectivity index (χ3v) is 1.30. The molecule has 0 aromatic heterocycles. The Bertz CT molecular complexity index is 116. The maximum atomic E-state index is 10.6. The van der Waals surface area contributed by atoms with Gasteiger partial charge in [0.25, 0.3) is 0 Å². The molecule has 0 bridgehead atoms. The third-order valence-electron chi connectivity index (χ3n) is 1.30. The van der Waals surface area contributed by atoms with E-state index in [1.54, 1.807) is 13.8 Å². The van der Waals surface area contributed by atoms with Crippen LogP contribution in [0, 0.1) is 0 Å². The standard InChI is InChI=1S/C7H12BO2/c1-3-6(9)5-8-7(10)4-2/h3-5H2,1-2H3. The van der Waals surface area contributed by atoms with Crippen LogP contribution in [0.2, 0.25) is 6.32 Å². The molecule has 0 spiro atoms. The number of rotatable bonds is 5. The Morgan fingerprint density at radius 3 is 2.20 bits per heavy atom. The second kappa shape index (κ2) is 5.21. The van der Waals surface area contributed by atoms with Crippen LogP contribution in [0.1, 0.15) is 26.7 Å². The first kappa shape index (κ1) is 9.40. The number of hydrogen-bond acceptors (Lipinski definition) is 2. The molecule has 0 rings (SSSR count). The first-order chi connectivity index (χ1) is 4.70. The van der Waals surface area contributed by atoms with Gasteiger partial charge in [-0.05, 0) is 12.7 Å². The number of Topliss-reactive ketones (excluding diaryl/α,β-unsaturated/α-hetero) is 1. The Morgan fingerprint density at radius 1 is 1.20 bits per heavy atom. The smallest absolute Gasteiger partial charge is 0.210 e. The van der Waals surface area contributed by atoms with E-state index < -0.39 is 0 Å². The van der Waals surface area contributed by atoms with Gasteiger partial charge >= 0.3 is 0 Å². The molecule has 0 unspecified atom stereocenters. The van der Waals surface area contributed by atoms with E-state index in [-0.39, 0.29) is 11.5 Å². The molecule has 0 atom stereocenters. The lowest BCUT2D eigenvalue weighted by Gasteiger charge is -1.92. The zero-order valence-corrected chi connectivity index (χ0v) is 6.52. The molecule has 0 heterocycles. The molecule has 10 heavy (non-hydrogen) atoms. The summed E-state index contributed by atoms with van der Waals surface area (Å²) < 4.78 is 0. The van der Waals surface area contributed by atoms with Gasteiger partial charge < -0.3 is 9.59 Å². The quantitative estimate of drug-likeness (QED) is 0.533. The van der Waals surface area contributed by atoms with Crippen LogP contribution in [0.3, 0.4) is 0 Å². The van der Waals surface area contributed by atoms with Gasteiger partial charge in [0.1, 0.15) is 5.78 Å². The first-order valence-electron chi connectivity index (χ1n) is 3.58. The summed E-state index contributed by atoms with van der Waals surface area (Å²) in [6.45, 7) is 3.59. The van der Waals surface area contributed by atoms with Crippen molar-refractivity contribution in [2.24, 2.45) is 0 Å². The Balaban J connectivity index is 3.35. The molecule has 55 valence electrons. The minimum atomic E-state index is 0.0572. The van der Waals surface area contributed by atoms with Crippen molar-refractivity contribution in [1.82, 2.24) is 0 Å². The van der Waals surface area contributed by atoms with Crippen molar-refractivity contribution in [3.8, 4) is 0 Å². The SMILES string of the molecule is CCC(=O)[B]CC(=O)CC. The van der Waals surface area contributed by atoms with E-state index >= 15 is 0 Å². The summed E-state index contributed by atoms with van der Waals surface area (Å²) in [7, 11) is 1.46. The average Bonchev–Trinajstić information content (AvgIpc) is 1.99. The number of hydrogen-bond donors (Lipinski definition) is 0. The minimum Gasteiger partial charge on any atom is -0.312 e. The fourth-order valence-electron chi connectivity index (χ4n) is 0.516. The maximum absolute atomic E-state index is 10.6. The van der Waals surface area contributed by atoms with E-state index in [0.717, 1.165) is 0 Å². The lowest BCUT2D eigenvalue weighted by molar-refractivity contribution is -0.117. The van der Waals surface area contributed by atoms with Crippen LogP contribution in [0.4, 0.5) is 0 Å². The first-order valence-corrected chi connectivity index (χ1v) is 3.58. The number of ketones is 1. The molecular formula is C7H12BO2. The van der Waals surface area contributed by atoms with Crippen LogP contribution in [0.15, 0.2) is 0 Å². The van der Waals surface area contributed by atoms with Gasteiger partial charge in [-0.25, -0.2) is 0 Å². The predicted octanol–water partition coefficient (Wildman–Crippen LogP) is 1.02. The predicted molar refractivity (Wildman–Crippen MR) is 41.2 cm³/mol. The monoisotopic (exact) mass is 139 g/mol. The van der Waals surface area contributed by atoms with Crippen molar-refractivity contribution in [3.63, 3.8) is 0 Å². The normalized spacial score (nSPS) is 9.00. The van der Waals surface area contributed by atoms with Gasteiger partial charge in [0.15, 0.2) is 0 Å². The summed E-state index contributed by atoms with van der Waals surface area (Å²) in [5.41, 5.74) is 0.0572. The Labute approximate surface area is 62.2 Å². The van der Waals surface area contributed by atoms with E-state index in [4.69, 9.17) is 0 Å². The van der Waals surface area contributed by atoms with E-state index in [1.165, 1.54) is 7.28 Å². The molecule has 0 saturated carbocycles. The summed E-state index contributed by atoms with van der Waals surface area (Å²) in [6.07, 6.45) is 1.33. The second-order valence-corrected chi connectivity index (χ2v) is 2.12. The molecule has 0 aromatic carbocycles. The molecular weight excluding hydrogens is 127 g/mol. The molecule has 0 N–H and O–H groups in total. The van der Waals surface area contributed by atoms with Crippen molar-refractivity contribution in [3.05, 3.63) is 0 Å². The Morgan fingerprint density at radius 2 is 1.80 bits per heavy atom. The molecule has 0 aliphatic heterocycles. The van der Waals surface area contributed by atoms with Crippen molar-refractivity contribution in [2.75, 3.05) is 0 Å². The van der Waals surface area contributed by atoms with Crippen LogP contribution in [0.5, 0.6) is 0 Å². The van der Waals surface area contributed by atoms with E-state index in [0.29, 0.717) is 19.2 Å². The van der Waals surface area contributed by atoms with E-state index in [2.05, 4.69) is 0 Å². The van der Waals surface area contributed by atoms with Crippen LogP contribution in [-0.4, -0.2) is 18.7 Å². The van der Waals surface area contributed by atoms with Crippen molar-refractivity contribution < 1.29 is 9.59 Å². The summed E-state index contributed by atoms with van der Waals surface area (Å²) in [5, 5.41) is 0. The fourth-order valence-corrected chi connectivity index (χ4v) is 0.516. The third kappa shape index (κ3) is 4.30. The maximum Gasteiger partial charge on any atom is 0.210 e. The van der Waals surface area contributed by atoms with Crippen molar-refractivity contribution in [1.29, 1.82) is 0 Å².